The average molecular weight is 549 g/mol. The molecule has 0 amide bonds. The van der Waals surface area contributed by atoms with Gasteiger partial charge in [-0.3, -0.25) is 9.97 Å². The maximum absolute atomic E-state index is 6.12. The summed E-state index contributed by atoms with van der Waals surface area (Å²) in [6.07, 6.45) is 3.55. The molecule has 3 heteroatoms. The minimum Gasteiger partial charge on any atom is -0.456 e. The van der Waals surface area contributed by atoms with Gasteiger partial charge in [-0.25, -0.2) is 0 Å². The first kappa shape index (κ1) is 23.9. The largest absolute Gasteiger partial charge is 0.456 e. The zero-order valence-corrected chi connectivity index (χ0v) is 23.2. The molecule has 7 aromatic carbocycles. The molecule has 0 N–H and O–H groups in total. The standard InChI is InChI=1S/C40H24N2O/c1-3-11-29(30-12-4-2-10-28(30)26-18-20-38-36(24-26)32-14-7-8-16-37(32)43-38)27(9-1)25-17-19-34-35(23-25)31-13-5-6-15-33(31)39-40(34)42-22-21-41-39/h1-24H. The summed E-state index contributed by atoms with van der Waals surface area (Å²) in [5.74, 6) is 0. The van der Waals surface area contributed by atoms with E-state index in [0.29, 0.717) is 0 Å². The monoisotopic (exact) mass is 548 g/mol. The Kier molecular flexibility index (Phi) is 5.20. The van der Waals surface area contributed by atoms with Gasteiger partial charge in [0, 0.05) is 33.9 Å². The fourth-order valence-corrected chi connectivity index (χ4v) is 6.63. The van der Waals surface area contributed by atoms with Crippen LogP contribution in [-0.4, -0.2) is 9.97 Å². The third-order valence-corrected chi connectivity index (χ3v) is 8.59. The average Bonchev–Trinajstić information content (AvgIpc) is 3.46. The summed E-state index contributed by atoms with van der Waals surface area (Å²) in [5, 5.41) is 6.87. The van der Waals surface area contributed by atoms with Crippen LogP contribution in [-0.2, 0) is 0 Å². The lowest BCUT2D eigenvalue weighted by Gasteiger charge is -2.16. The molecule has 3 nitrogen and oxygen atoms in total. The second-order valence-corrected chi connectivity index (χ2v) is 11.0. The topological polar surface area (TPSA) is 38.9 Å². The van der Waals surface area contributed by atoms with Crippen LogP contribution in [0.3, 0.4) is 0 Å². The van der Waals surface area contributed by atoms with E-state index in [2.05, 4.69) is 121 Å². The van der Waals surface area contributed by atoms with Crippen molar-refractivity contribution in [2.45, 2.75) is 0 Å². The van der Waals surface area contributed by atoms with Gasteiger partial charge in [-0.15, -0.1) is 0 Å². The van der Waals surface area contributed by atoms with Crippen molar-refractivity contribution in [3.05, 3.63) is 146 Å². The van der Waals surface area contributed by atoms with Crippen LogP contribution in [0.4, 0.5) is 0 Å². The molecule has 2 aromatic heterocycles. The highest BCUT2D eigenvalue weighted by Gasteiger charge is 2.16. The molecule has 0 radical (unpaired) electrons. The van der Waals surface area contributed by atoms with E-state index >= 15 is 0 Å². The van der Waals surface area contributed by atoms with Gasteiger partial charge in [0.15, 0.2) is 0 Å². The molecule has 0 aliphatic rings. The molecule has 0 unspecified atom stereocenters. The number of aromatic nitrogens is 2. The quantitative estimate of drug-likeness (QED) is 0.206. The Morgan fingerprint density at radius 1 is 0.349 bits per heavy atom. The first-order valence-corrected chi connectivity index (χ1v) is 14.5. The zero-order chi connectivity index (χ0) is 28.3. The summed E-state index contributed by atoms with van der Waals surface area (Å²) in [6.45, 7) is 0. The molecule has 2 heterocycles. The molecule has 200 valence electrons. The fraction of sp³-hybridized carbons (Fsp3) is 0. The Labute approximate surface area is 247 Å². The van der Waals surface area contributed by atoms with Crippen LogP contribution in [0.5, 0.6) is 0 Å². The fourth-order valence-electron chi connectivity index (χ4n) is 6.63. The third-order valence-electron chi connectivity index (χ3n) is 8.59. The van der Waals surface area contributed by atoms with Crippen LogP contribution in [0, 0.1) is 0 Å². The number of furan rings is 1. The maximum atomic E-state index is 6.12. The van der Waals surface area contributed by atoms with Crippen molar-refractivity contribution in [1.29, 1.82) is 0 Å². The Hall–Kier alpha value is -5.80. The molecule has 0 aliphatic heterocycles. The normalized spacial score (nSPS) is 11.7. The second-order valence-electron chi connectivity index (χ2n) is 11.0. The van der Waals surface area contributed by atoms with Gasteiger partial charge in [-0.1, -0.05) is 109 Å². The summed E-state index contributed by atoms with van der Waals surface area (Å²) in [7, 11) is 0. The summed E-state index contributed by atoms with van der Waals surface area (Å²) in [4.78, 5) is 9.44. The first-order chi connectivity index (χ1) is 21.3. The molecule has 0 fully saturated rings. The number of rotatable bonds is 3. The molecule has 43 heavy (non-hydrogen) atoms. The summed E-state index contributed by atoms with van der Waals surface area (Å²) in [6, 6.07) is 47.4. The van der Waals surface area contributed by atoms with Crippen molar-refractivity contribution < 1.29 is 4.42 Å². The second kappa shape index (κ2) is 9.37. The van der Waals surface area contributed by atoms with Crippen molar-refractivity contribution in [1.82, 2.24) is 9.97 Å². The number of hydrogen-bond acceptors (Lipinski definition) is 3. The van der Waals surface area contributed by atoms with E-state index in [1.165, 1.54) is 44.2 Å². The van der Waals surface area contributed by atoms with Gasteiger partial charge in [0.05, 0.1) is 11.0 Å². The number of para-hydroxylation sites is 1. The smallest absolute Gasteiger partial charge is 0.135 e. The van der Waals surface area contributed by atoms with Crippen LogP contribution in [0.25, 0.3) is 87.9 Å². The van der Waals surface area contributed by atoms with E-state index in [-0.39, 0.29) is 0 Å². The molecule has 0 saturated heterocycles. The maximum Gasteiger partial charge on any atom is 0.135 e. The number of nitrogens with zero attached hydrogens (tertiary/aromatic N) is 2. The van der Waals surface area contributed by atoms with E-state index in [1.807, 2.05) is 12.1 Å². The van der Waals surface area contributed by atoms with Crippen LogP contribution in [0.15, 0.2) is 150 Å². The van der Waals surface area contributed by atoms with E-state index in [0.717, 1.165) is 43.7 Å². The van der Waals surface area contributed by atoms with E-state index in [1.54, 1.807) is 12.4 Å². The van der Waals surface area contributed by atoms with Gasteiger partial charge in [-0.05, 0) is 68.4 Å². The molecular weight excluding hydrogens is 524 g/mol. The van der Waals surface area contributed by atoms with Crippen LogP contribution < -0.4 is 0 Å². The lowest BCUT2D eigenvalue weighted by Crippen LogP contribution is -1.91. The highest BCUT2D eigenvalue weighted by Crippen LogP contribution is 2.42. The molecule has 0 bridgehead atoms. The molecule has 9 rings (SSSR count). The van der Waals surface area contributed by atoms with Crippen LogP contribution in [0.2, 0.25) is 0 Å². The van der Waals surface area contributed by atoms with Gasteiger partial charge in [0.25, 0.3) is 0 Å². The van der Waals surface area contributed by atoms with Crippen molar-refractivity contribution >= 4 is 54.5 Å². The molecule has 0 atom stereocenters. The lowest BCUT2D eigenvalue weighted by atomic mass is 9.88. The van der Waals surface area contributed by atoms with Gasteiger partial charge in [-0.2, -0.15) is 0 Å². The minimum absolute atomic E-state index is 0.906. The predicted octanol–water partition coefficient (Wildman–Crippen LogP) is 10.8. The molecule has 0 saturated carbocycles. The third kappa shape index (κ3) is 3.68. The summed E-state index contributed by atoms with van der Waals surface area (Å²) >= 11 is 0. The molecule has 0 aliphatic carbocycles. The van der Waals surface area contributed by atoms with Gasteiger partial charge in [0.2, 0.25) is 0 Å². The van der Waals surface area contributed by atoms with E-state index in [4.69, 9.17) is 14.4 Å². The highest BCUT2D eigenvalue weighted by atomic mass is 16.3. The van der Waals surface area contributed by atoms with Crippen LogP contribution >= 0.6 is 0 Å². The number of hydrogen-bond donors (Lipinski definition) is 0. The van der Waals surface area contributed by atoms with Gasteiger partial charge < -0.3 is 4.42 Å². The van der Waals surface area contributed by atoms with Crippen molar-refractivity contribution in [2.75, 3.05) is 0 Å². The summed E-state index contributed by atoms with van der Waals surface area (Å²) in [5.41, 5.74) is 10.8. The minimum atomic E-state index is 0.906. The zero-order valence-electron chi connectivity index (χ0n) is 23.2. The lowest BCUT2D eigenvalue weighted by molar-refractivity contribution is 0.669. The van der Waals surface area contributed by atoms with Crippen molar-refractivity contribution in [3.8, 4) is 33.4 Å². The number of benzene rings is 7. The van der Waals surface area contributed by atoms with Crippen molar-refractivity contribution in [2.24, 2.45) is 0 Å². The SMILES string of the molecule is c1ccc(-c2ccccc2-c2ccc3c(c2)c2ccccc2c2nccnc32)c(-c2ccc3oc4ccccc4c3c2)c1. The van der Waals surface area contributed by atoms with Gasteiger partial charge in [0.1, 0.15) is 11.2 Å². The Morgan fingerprint density at radius 2 is 0.837 bits per heavy atom. The Bertz CT molecular complexity index is 2490. The molecule has 0 spiro atoms. The Morgan fingerprint density at radius 3 is 1.53 bits per heavy atom. The first-order valence-electron chi connectivity index (χ1n) is 14.5. The van der Waals surface area contributed by atoms with Gasteiger partial charge >= 0.3 is 0 Å². The predicted molar refractivity (Wildman–Crippen MR) is 178 cm³/mol. The molecular formula is C40H24N2O. The van der Waals surface area contributed by atoms with E-state index in [9.17, 15) is 0 Å². The molecule has 9 aromatic rings. The summed E-state index contributed by atoms with van der Waals surface area (Å²) < 4.78 is 6.12. The highest BCUT2D eigenvalue weighted by molar-refractivity contribution is 6.23. The number of fused-ring (bicyclic) bond motifs is 9. The van der Waals surface area contributed by atoms with E-state index < -0.39 is 0 Å². The van der Waals surface area contributed by atoms with Crippen LogP contribution in [0.1, 0.15) is 0 Å². The van der Waals surface area contributed by atoms with Crippen molar-refractivity contribution in [3.63, 3.8) is 0 Å². The Balaban J connectivity index is 1.26.